The van der Waals surface area contributed by atoms with E-state index in [2.05, 4.69) is 11.8 Å². The van der Waals surface area contributed by atoms with Crippen LogP contribution in [0.25, 0.3) is 0 Å². The molecule has 1 aromatic carbocycles. The molecule has 1 aromatic rings. The van der Waals surface area contributed by atoms with Crippen molar-refractivity contribution in [2.45, 2.75) is 26.3 Å². The average molecular weight is 286 g/mol. The van der Waals surface area contributed by atoms with Crippen molar-refractivity contribution in [3.8, 4) is 17.6 Å². The summed E-state index contributed by atoms with van der Waals surface area (Å²) < 4.78 is 5.40. The number of nitrogens with zero attached hydrogens (tertiary/aromatic N) is 1. The molecule has 1 aliphatic heterocycles. The van der Waals surface area contributed by atoms with E-state index in [1.165, 1.54) is 0 Å². The Hall–Kier alpha value is -1.99. The summed E-state index contributed by atoms with van der Waals surface area (Å²) in [6, 6.07) is 5.79. The van der Waals surface area contributed by atoms with E-state index in [-0.39, 0.29) is 11.8 Å². The van der Waals surface area contributed by atoms with Crippen LogP contribution in [0.5, 0.6) is 5.75 Å². The number of methoxy groups -OCH3 is 1. The van der Waals surface area contributed by atoms with E-state index in [1.54, 1.807) is 7.11 Å². The highest BCUT2D eigenvalue weighted by molar-refractivity contribution is 5.79. The molecular formula is C17H22N2O2. The fourth-order valence-corrected chi connectivity index (χ4v) is 2.63. The fraction of sp³-hybridized carbons (Fsp3) is 0.471. The van der Waals surface area contributed by atoms with E-state index >= 15 is 0 Å². The van der Waals surface area contributed by atoms with Crippen LogP contribution in [0.4, 0.5) is 0 Å². The number of amides is 1. The predicted molar refractivity (Wildman–Crippen MR) is 82.7 cm³/mol. The normalized spacial score (nSPS) is 18.1. The Balaban J connectivity index is 2.22. The third kappa shape index (κ3) is 3.77. The largest absolute Gasteiger partial charge is 0.496 e. The highest BCUT2D eigenvalue weighted by atomic mass is 16.5. The smallest absolute Gasteiger partial charge is 0.225 e. The van der Waals surface area contributed by atoms with Crippen molar-refractivity contribution < 1.29 is 9.53 Å². The number of rotatable bonds is 3. The average Bonchev–Trinajstić information content (AvgIpc) is 2.50. The Morgan fingerprint density at radius 1 is 1.48 bits per heavy atom. The number of carbonyl (C=O) groups is 1. The van der Waals surface area contributed by atoms with Gasteiger partial charge < -0.3 is 15.4 Å². The Morgan fingerprint density at radius 3 is 3.00 bits per heavy atom. The van der Waals surface area contributed by atoms with E-state index < -0.39 is 0 Å². The number of likely N-dealkylation sites (tertiary alicyclic amines) is 1. The lowest BCUT2D eigenvalue weighted by Gasteiger charge is -2.31. The first-order valence-corrected chi connectivity index (χ1v) is 7.30. The van der Waals surface area contributed by atoms with Crippen LogP contribution in [0, 0.1) is 17.8 Å². The molecular weight excluding hydrogens is 264 g/mol. The van der Waals surface area contributed by atoms with Crippen LogP contribution >= 0.6 is 0 Å². The molecule has 21 heavy (non-hydrogen) atoms. The highest BCUT2D eigenvalue weighted by Gasteiger charge is 2.25. The molecule has 1 atom stereocenters. The van der Waals surface area contributed by atoms with Gasteiger partial charge in [-0.1, -0.05) is 18.8 Å². The van der Waals surface area contributed by atoms with E-state index in [1.807, 2.05) is 30.0 Å². The second-order valence-corrected chi connectivity index (χ2v) is 5.34. The Kier molecular flexibility index (Phi) is 5.24. The van der Waals surface area contributed by atoms with Crippen molar-refractivity contribution in [1.82, 2.24) is 4.90 Å². The van der Waals surface area contributed by atoms with Gasteiger partial charge in [0, 0.05) is 30.1 Å². The van der Waals surface area contributed by atoms with Crippen LogP contribution in [-0.2, 0) is 11.3 Å². The SMILES string of the molecule is COc1ccc(C#CCN)cc1CN1CCCC(C)C1=O. The van der Waals surface area contributed by atoms with Crippen molar-refractivity contribution >= 4 is 5.91 Å². The molecule has 0 bridgehead atoms. The molecule has 1 amide bonds. The molecule has 1 heterocycles. The maximum Gasteiger partial charge on any atom is 0.225 e. The summed E-state index contributed by atoms with van der Waals surface area (Å²) in [5.74, 6) is 6.99. The van der Waals surface area contributed by atoms with Crippen molar-refractivity contribution in [2.24, 2.45) is 11.7 Å². The molecule has 4 heteroatoms. The summed E-state index contributed by atoms with van der Waals surface area (Å²) in [6.07, 6.45) is 2.04. The van der Waals surface area contributed by atoms with Gasteiger partial charge in [0.05, 0.1) is 13.7 Å². The minimum absolute atomic E-state index is 0.116. The molecule has 2 rings (SSSR count). The van der Waals surface area contributed by atoms with Gasteiger partial charge in [-0.05, 0) is 31.0 Å². The minimum Gasteiger partial charge on any atom is -0.496 e. The molecule has 0 radical (unpaired) electrons. The third-order valence-electron chi connectivity index (χ3n) is 3.77. The maximum atomic E-state index is 12.2. The number of piperidine rings is 1. The summed E-state index contributed by atoms with van der Waals surface area (Å²) in [5, 5.41) is 0. The summed E-state index contributed by atoms with van der Waals surface area (Å²) in [4.78, 5) is 14.1. The molecule has 0 aromatic heterocycles. The summed E-state index contributed by atoms with van der Waals surface area (Å²) >= 11 is 0. The zero-order chi connectivity index (χ0) is 15.2. The van der Waals surface area contributed by atoms with Crippen LogP contribution < -0.4 is 10.5 Å². The lowest BCUT2D eigenvalue weighted by molar-refractivity contribution is -0.138. The number of benzene rings is 1. The zero-order valence-corrected chi connectivity index (χ0v) is 12.7. The highest BCUT2D eigenvalue weighted by Crippen LogP contribution is 2.25. The first-order chi connectivity index (χ1) is 10.2. The van der Waals surface area contributed by atoms with Gasteiger partial charge in [-0.15, -0.1) is 0 Å². The molecule has 0 aliphatic carbocycles. The van der Waals surface area contributed by atoms with Gasteiger partial charge in [0.15, 0.2) is 0 Å². The maximum absolute atomic E-state index is 12.2. The Morgan fingerprint density at radius 2 is 2.29 bits per heavy atom. The quantitative estimate of drug-likeness (QED) is 0.862. The van der Waals surface area contributed by atoms with Gasteiger partial charge in [0.1, 0.15) is 5.75 Å². The molecule has 0 saturated carbocycles. The van der Waals surface area contributed by atoms with Gasteiger partial charge in [-0.2, -0.15) is 0 Å². The van der Waals surface area contributed by atoms with E-state index in [0.29, 0.717) is 13.1 Å². The number of nitrogens with two attached hydrogens (primary N) is 1. The first-order valence-electron chi connectivity index (χ1n) is 7.30. The van der Waals surface area contributed by atoms with Gasteiger partial charge in [0.25, 0.3) is 0 Å². The van der Waals surface area contributed by atoms with E-state index in [0.717, 1.165) is 36.3 Å². The van der Waals surface area contributed by atoms with E-state index in [9.17, 15) is 4.79 Å². The Bertz CT molecular complexity index is 572. The third-order valence-corrected chi connectivity index (χ3v) is 3.77. The second kappa shape index (κ2) is 7.14. The number of hydrogen-bond donors (Lipinski definition) is 1. The monoisotopic (exact) mass is 286 g/mol. The number of carbonyl (C=O) groups excluding carboxylic acids is 1. The van der Waals surface area contributed by atoms with Gasteiger partial charge in [-0.3, -0.25) is 4.79 Å². The fourth-order valence-electron chi connectivity index (χ4n) is 2.63. The summed E-state index contributed by atoms with van der Waals surface area (Å²) in [7, 11) is 1.64. The molecule has 1 fully saturated rings. The van der Waals surface area contributed by atoms with Gasteiger partial charge >= 0.3 is 0 Å². The second-order valence-electron chi connectivity index (χ2n) is 5.34. The predicted octanol–water partition coefficient (Wildman–Crippen LogP) is 1.76. The van der Waals surface area contributed by atoms with Crippen molar-refractivity contribution in [3.05, 3.63) is 29.3 Å². The standard InChI is InChI=1S/C17H22N2O2/c1-13-5-4-10-19(17(13)20)12-15-11-14(6-3-9-18)7-8-16(15)21-2/h7-8,11,13H,4-5,9-10,12,18H2,1-2H3. The molecule has 1 aliphatic rings. The molecule has 2 N–H and O–H groups in total. The van der Waals surface area contributed by atoms with Crippen LogP contribution in [0.2, 0.25) is 0 Å². The van der Waals surface area contributed by atoms with Gasteiger partial charge in [0.2, 0.25) is 5.91 Å². The lowest BCUT2D eigenvalue weighted by atomic mass is 9.98. The summed E-state index contributed by atoms with van der Waals surface area (Å²) in [6.45, 7) is 3.72. The minimum atomic E-state index is 0.116. The number of ether oxygens (including phenoxy) is 1. The molecule has 1 unspecified atom stereocenters. The van der Waals surface area contributed by atoms with E-state index in [4.69, 9.17) is 10.5 Å². The van der Waals surface area contributed by atoms with Crippen molar-refractivity contribution in [1.29, 1.82) is 0 Å². The Labute approximate surface area is 126 Å². The first kappa shape index (κ1) is 15.4. The zero-order valence-electron chi connectivity index (χ0n) is 12.7. The molecule has 112 valence electrons. The molecule has 0 spiro atoms. The molecule has 4 nitrogen and oxygen atoms in total. The van der Waals surface area contributed by atoms with Crippen LogP contribution in [0.1, 0.15) is 30.9 Å². The van der Waals surface area contributed by atoms with Gasteiger partial charge in [-0.25, -0.2) is 0 Å². The van der Waals surface area contributed by atoms with Crippen LogP contribution in [0.15, 0.2) is 18.2 Å². The van der Waals surface area contributed by atoms with Crippen molar-refractivity contribution in [2.75, 3.05) is 20.2 Å². The van der Waals surface area contributed by atoms with Crippen LogP contribution in [0.3, 0.4) is 0 Å². The molecule has 1 saturated heterocycles. The lowest BCUT2D eigenvalue weighted by Crippen LogP contribution is -2.39. The number of hydrogen-bond acceptors (Lipinski definition) is 3. The van der Waals surface area contributed by atoms with Crippen molar-refractivity contribution in [3.63, 3.8) is 0 Å². The summed E-state index contributed by atoms with van der Waals surface area (Å²) in [5.41, 5.74) is 7.29. The topological polar surface area (TPSA) is 55.6 Å². The van der Waals surface area contributed by atoms with Crippen LogP contribution in [-0.4, -0.2) is 31.0 Å².